The Labute approximate surface area is 103 Å². The highest BCUT2D eigenvalue weighted by Crippen LogP contribution is 2.26. The van der Waals surface area contributed by atoms with E-state index in [-0.39, 0.29) is 11.0 Å². The number of hydrogen-bond acceptors (Lipinski definition) is 3. The first-order valence-electron chi connectivity index (χ1n) is 6.14. The van der Waals surface area contributed by atoms with Gasteiger partial charge in [-0.15, -0.1) is 0 Å². The first-order chi connectivity index (χ1) is 8.09. The second-order valence-corrected chi connectivity index (χ2v) is 7.12. The Bertz CT molecular complexity index is 476. The lowest BCUT2D eigenvalue weighted by Crippen LogP contribution is -2.22. The van der Waals surface area contributed by atoms with Crippen molar-refractivity contribution in [1.29, 1.82) is 0 Å². The molecule has 94 valence electrons. The summed E-state index contributed by atoms with van der Waals surface area (Å²) in [6, 6.07) is 7.48. The van der Waals surface area contributed by atoms with Crippen molar-refractivity contribution < 1.29 is 8.42 Å². The van der Waals surface area contributed by atoms with Crippen LogP contribution in [0.1, 0.15) is 31.2 Å². The molecule has 2 N–H and O–H groups in total. The van der Waals surface area contributed by atoms with Crippen molar-refractivity contribution in [2.45, 2.75) is 37.4 Å². The van der Waals surface area contributed by atoms with E-state index < -0.39 is 9.84 Å². The van der Waals surface area contributed by atoms with Crippen LogP contribution >= 0.6 is 0 Å². The summed E-state index contributed by atoms with van der Waals surface area (Å²) in [7, 11) is -2.93. The molecule has 0 aliphatic heterocycles. The lowest BCUT2D eigenvalue weighted by atomic mass is 10.1. The summed E-state index contributed by atoms with van der Waals surface area (Å²) in [5, 5.41) is -0.104. The van der Waals surface area contributed by atoms with Gasteiger partial charge in [-0.05, 0) is 30.9 Å². The molecular weight excluding hydrogens is 234 g/mol. The minimum absolute atomic E-state index is 0.104. The number of para-hydroxylation sites is 1. The summed E-state index contributed by atoms with van der Waals surface area (Å²) in [6.45, 7) is 0. The van der Waals surface area contributed by atoms with Gasteiger partial charge in [0, 0.05) is 5.69 Å². The topological polar surface area (TPSA) is 60.2 Å². The SMILES string of the molecule is Nc1ccccc1CCS(=O)(=O)C1CCCC1. The number of hydrogen-bond donors (Lipinski definition) is 1. The maximum atomic E-state index is 12.1. The second kappa shape index (κ2) is 5.08. The van der Waals surface area contributed by atoms with Crippen LogP contribution in [0.2, 0.25) is 0 Å². The zero-order valence-electron chi connectivity index (χ0n) is 9.93. The quantitative estimate of drug-likeness (QED) is 0.837. The maximum Gasteiger partial charge on any atom is 0.153 e. The van der Waals surface area contributed by atoms with Crippen LogP contribution in [0.5, 0.6) is 0 Å². The van der Waals surface area contributed by atoms with Crippen LogP contribution in [0.3, 0.4) is 0 Å². The lowest BCUT2D eigenvalue weighted by molar-refractivity contribution is 0.579. The largest absolute Gasteiger partial charge is 0.399 e. The van der Waals surface area contributed by atoms with Crippen molar-refractivity contribution in [3.05, 3.63) is 29.8 Å². The molecule has 4 heteroatoms. The van der Waals surface area contributed by atoms with Gasteiger partial charge in [-0.1, -0.05) is 31.0 Å². The Kier molecular flexibility index (Phi) is 3.72. The smallest absolute Gasteiger partial charge is 0.153 e. The van der Waals surface area contributed by atoms with Gasteiger partial charge in [-0.25, -0.2) is 8.42 Å². The molecule has 0 amide bonds. The summed E-state index contributed by atoms with van der Waals surface area (Å²) in [6.07, 6.45) is 4.32. The van der Waals surface area contributed by atoms with E-state index in [4.69, 9.17) is 5.73 Å². The van der Waals surface area contributed by atoms with E-state index in [1.165, 1.54) is 0 Å². The van der Waals surface area contributed by atoms with Gasteiger partial charge in [-0.3, -0.25) is 0 Å². The van der Waals surface area contributed by atoms with Crippen LogP contribution < -0.4 is 5.73 Å². The van der Waals surface area contributed by atoms with E-state index in [9.17, 15) is 8.42 Å². The summed E-state index contributed by atoms with van der Waals surface area (Å²) in [4.78, 5) is 0. The van der Waals surface area contributed by atoms with Crippen LogP contribution in [0.4, 0.5) is 5.69 Å². The van der Waals surface area contributed by atoms with E-state index in [2.05, 4.69) is 0 Å². The zero-order chi connectivity index (χ0) is 12.3. The molecule has 1 fully saturated rings. The van der Waals surface area contributed by atoms with Crippen LogP contribution in [-0.2, 0) is 16.3 Å². The first kappa shape index (κ1) is 12.4. The van der Waals surface area contributed by atoms with Crippen molar-refractivity contribution in [3.8, 4) is 0 Å². The molecule has 1 saturated carbocycles. The van der Waals surface area contributed by atoms with E-state index in [1.54, 1.807) is 0 Å². The number of rotatable bonds is 4. The zero-order valence-corrected chi connectivity index (χ0v) is 10.7. The Morgan fingerprint density at radius 2 is 1.82 bits per heavy atom. The number of aryl methyl sites for hydroxylation is 1. The number of anilines is 1. The number of nitrogen functional groups attached to an aromatic ring is 1. The molecule has 0 unspecified atom stereocenters. The molecule has 0 bridgehead atoms. The predicted molar refractivity (Wildman–Crippen MR) is 70.6 cm³/mol. The van der Waals surface area contributed by atoms with Crippen molar-refractivity contribution >= 4 is 15.5 Å². The fourth-order valence-corrected chi connectivity index (χ4v) is 4.32. The highest BCUT2D eigenvalue weighted by molar-refractivity contribution is 7.92. The minimum atomic E-state index is -2.93. The summed E-state index contributed by atoms with van der Waals surface area (Å²) >= 11 is 0. The highest BCUT2D eigenvalue weighted by atomic mass is 32.2. The third-order valence-electron chi connectivity index (χ3n) is 3.52. The van der Waals surface area contributed by atoms with Crippen molar-refractivity contribution in [1.82, 2.24) is 0 Å². The van der Waals surface area contributed by atoms with Crippen molar-refractivity contribution in [2.24, 2.45) is 0 Å². The van der Waals surface area contributed by atoms with Gasteiger partial charge < -0.3 is 5.73 Å². The minimum Gasteiger partial charge on any atom is -0.399 e. The molecule has 1 aliphatic rings. The normalized spacial score (nSPS) is 17.4. The van der Waals surface area contributed by atoms with Crippen LogP contribution in [0, 0.1) is 0 Å². The third kappa shape index (κ3) is 3.00. The summed E-state index contributed by atoms with van der Waals surface area (Å²) in [5.74, 6) is 0.228. The van der Waals surface area contributed by atoms with E-state index in [0.717, 1.165) is 31.2 Å². The molecule has 0 aromatic heterocycles. The Balaban J connectivity index is 2.00. The average molecular weight is 253 g/mol. The van der Waals surface area contributed by atoms with E-state index in [0.29, 0.717) is 12.1 Å². The molecule has 0 radical (unpaired) electrons. The van der Waals surface area contributed by atoms with Crippen molar-refractivity contribution in [2.75, 3.05) is 11.5 Å². The monoisotopic (exact) mass is 253 g/mol. The lowest BCUT2D eigenvalue weighted by Gasteiger charge is -2.11. The van der Waals surface area contributed by atoms with Gasteiger partial charge in [0.2, 0.25) is 0 Å². The average Bonchev–Trinajstić information content (AvgIpc) is 2.82. The third-order valence-corrected chi connectivity index (χ3v) is 5.78. The fraction of sp³-hybridized carbons (Fsp3) is 0.538. The molecule has 2 rings (SSSR count). The molecule has 17 heavy (non-hydrogen) atoms. The van der Waals surface area contributed by atoms with Crippen LogP contribution in [-0.4, -0.2) is 19.4 Å². The molecule has 1 aliphatic carbocycles. The van der Waals surface area contributed by atoms with Crippen molar-refractivity contribution in [3.63, 3.8) is 0 Å². The second-order valence-electron chi connectivity index (χ2n) is 4.72. The Morgan fingerprint density at radius 3 is 2.47 bits per heavy atom. The van der Waals surface area contributed by atoms with Gasteiger partial charge >= 0.3 is 0 Å². The molecule has 1 aromatic carbocycles. The van der Waals surface area contributed by atoms with Gasteiger partial charge in [0.1, 0.15) is 0 Å². The molecule has 0 atom stereocenters. The molecule has 0 spiro atoms. The van der Waals surface area contributed by atoms with Gasteiger partial charge in [0.05, 0.1) is 11.0 Å². The highest BCUT2D eigenvalue weighted by Gasteiger charge is 2.28. The molecule has 3 nitrogen and oxygen atoms in total. The van der Waals surface area contributed by atoms with Crippen LogP contribution in [0.25, 0.3) is 0 Å². The molecular formula is C13H19NO2S. The number of sulfone groups is 1. The standard InChI is InChI=1S/C13H19NO2S/c14-13-8-4-1-5-11(13)9-10-17(15,16)12-6-2-3-7-12/h1,4-5,8,12H,2-3,6-7,9-10,14H2. The van der Waals surface area contributed by atoms with E-state index >= 15 is 0 Å². The Hall–Kier alpha value is -1.03. The van der Waals surface area contributed by atoms with Gasteiger partial charge in [0.15, 0.2) is 9.84 Å². The maximum absolute atomic E-state index is 12.1. The number of benzene rings is 1. The Morgan fingerprint density at radius 1 is 1.18 bits per heavy atom. The number of nitrogens with two attached hydrogens (primary N) is 1. The predicted octanol–water partition coefficient (Wildman–Crippen LogP) is 2.17. The summed E-state index contributed by atoms with van der Waals surface area (Å²) < 4.78 is 24.2. The molecule has 1 aromatic rings. The molecule has 0 saturated heterocycles. The van der Waals surface area contributed by atoms with Gasteiger partial charge in [-0.2, -0.15) is 0 Å². The molecule has 0 heterocycles. The van der Waals surface area contributed by atoms with Crippen LogP contribution in [0.15, 0.2) is 24.3 Å². The summed E-state index contributed by atoms with van der Waals surface area (Å²) in [5.41, 5.74) is 7.44. The van der Waals surface area contributed by atoms with E-state index in [1.807, 2.05) is 24.3 Å². The van der Waals surface area contributed by atoms with Gasteiger partial charge in [0.25, 0.3) is 0 Å². The first-order valence-corrected chi connectivity index (χ1v) is 7.86. The fourth-order valence-electron chi connectivity index (χ4n) is 2.43.